The Kier molecular flexibility index (Phi) is 4.57. The summed E-state index contributed by atoms with van der Waals surface area (Å²) < 4.78 is 19.2. The average molecular weight is 282 g/mol. The Morgan fingerprint density at radius 3 is 2.85 bits per heavy atom. The number of hydrogen-bond donors (Lipinski definition) is 3. The Hall–Kier alpha value is -1.66. The van der Waals surface area contributed by atoms with Crippen molar-refractivity contribution in [3.8, 4) is 5.75 Å². The standard InChI is InChI=1S/C14H19FN2O3/c1-8(2)20-10-3-4-12(11(15)6-10)17-14(19)13-5-9(18)7-16-13/h3-4,6,8-9,13,16,18H,5,7H2,1-2H3,(H,17,19). The van der Waals surface area contributed by atoms with Crippen molar-refractivity contribution in [2.45, 2.75) is 38.5 Å². The second-order valence-corrected chi connectivity index (χ2v) is 5.15. The minimum Gasteiger partial charge on any atom is -0.491 e. The molecule has 5 nitrogen and oxygen atoms in total. The van der Waals surface area contributed by atoms with Crippen LogP contribution in [-0.2, 0) is 4.79 Å². The zero-order valence-electron chi connectivity index (χ0n) is 11.5. The van der Waals surface area contributed by atoms with Gasteiger partial charge < -0.3 is 20.5 Å². The Balaban J connectivity index is 2.00. The first kappa shape index (κ1) is 14.7. The maximum Gasteiger partial charge on any atom is 0.241 e. The highest BCUT2D eigenvalue weighted by atomic mass is 19.1. The van der Waals surface area contributed by atoms with E-state index in [1.165, 1.54) is 12.1 Å². The van der Waals surface area contributed by atoms with Crippen molar-refractivity contribution >= 4 is 11.6 Å². The lowest BCUT2D eigenvalue weighted by molar-refractivity contribution is -0.118. The molecule has 110 valence electrons. The Morgan fingerprint density at radius 2 is 2.30 bits per heavy atom. The first-order chi connectivity index (χ1) is 9.45. The molecule has 1 fully saturated rings. The van der Waals surface area contributed by atoms with E-state index in [9.17, 15) is 14.3 Å². The third-order valence-electron chi connectivity index (χ3n) is 2.99. The van der Waals surface area contributed by atoms with Crippen LogP contribution in [0.15, 0.2) is 18.2 Å². The molecular formula is C14H19FN2O3. The van der Waals surface area contributed by atoms with Crippen molar-refractivity contribution in [2.24, 2.45) is 0 Å². The van der Waals surface area contributed by atoms with Gasteiger partial charge in [-0.15, -0.1) is 0 Å². The number of aliphatic hydroxyl groups is 1. The second kappa shape index (κ2) is 6.19. The van der Waals surface area contributed by atoms with Crippen LogP contribution in [0.3, 0.4) is 0 Å². The highest BCUT2D eigenvalue weighted by Crippen LogP contribution is 2.22. The monoisotopic (exact) mass is 282 g/mol. The predicted octanol–water partition coefficient (Wildman–Crippen LogP) is 1.27. The van der Waals surface area contributed by atoms with Gasteiger partial charge >= 0.3 is 0 Å². The number of rotatable bonds is 4. The number of aliphatic hydroxyl groups excluding tert-OH is 1. The van der Waals surface area contributed by atoms with E-state index in [1.807, 2.05) is 13.8 Å². The van der Waals surface area contributed by atoms with Crippen molar-refractivity contribution in [3.63, 3.8) is 0 Å². The molecule has 0 spiro atoms. The molecule has 3 N–H and O–H groups in total. The number of carbonyl (C=O) groups excluding carboxylic acids is 1. The van der Waals surface area contributed by atoms with Gasteiger partial charge in [0.1, 0.15) is 11.6 Å². The molecular weight excluding hydrogens is 263 g/mol. The molecule has 1 saturated heterocycles. The van der Waals surface area contributed by atoms with Crippen LogP contribution in [0.4, 0.5) is 10.1 Å². The number of carbonyl (C=O) groups is 1. The van der Waals surface area contributed by atoms with Gasteiger partial charge in [-0.05, 0) is 32.4 Å². The highest BCUT2D eigenvalue weighted by Gasteiger charge is 2.28. The van der Waals surface area contributed by atoms with Gasteiger partial charge in [-0.3, -0.25) is 4.79 Å². The molecule has 0 aliphatic carbocycles. The van der Waals surface area contributed by atoms with Gasteiger partial charge in [0, 0.05) is 12.6 Å². The normalized spacial score (nSPS) is 22.1. The fourth-order valence-electron chi connectivity index (χ4n) is 2.08. The van der Waals surface area contributed by atoms with Gasteiger partial charge in [0.05, 0.1) is 23.9 Å². The highest BCUT2D eigenvalue weighted by molar-refractivity contribution is 5.95. The lowest BCUT2D eigenvalue weighted by Gasteiger charge is -2.13. The topological polar surface area (TPSA) is 70.6 Å². The van der Waals surface area contributed by atoms with E-state index in [2.05, 4.69) is 10.6 Å². The molecule has 6 heteroatoms. The van der Waals surface area contributed by atoms with Crippen LogP contribution in [0.25, 0.3) is 0 Å². The van der Waals surface area contributed by atoms with Crippen LogP contribution >= 0.6 is 0 Å². The first-order valence-electron chi connectivity index (χ1n) is 6.64. The number of benzene rings is 1. The number of ether oxygens (including phenoxy) is 1. The second-order valence-electron chi connectivity index (χ2n) is 5.15. The molecule has 1 aliphatic rings. The van der Waals surface area contributed by atoms with E-state index in [0.29, 0.717) is 18.7 Å². The molecule has 0 saturated carbocycles. The summed E-state index contributed by atoms with van der Waals surface area (Å²) in [6.45, 7) is 4.08. The largest absolute Gasteiger partial charge is 0.491 e. The SMILES string of the molecule is CC(C)Oc1ccc(NC(=O)C2CC(O)CN2)c(F)c1. The number of hydrogen-bond acceptors (Lipinski definition) is 4. The Labute approximate surface area is 117 Å². The summed E-state index contributed by atoms with van der Waals surface area (Å²) in [5, 5.41) is 14.7. The van der Waals surface area contributed by atoms with Crippen LogP contribution in [-0.4, -0.2) is 35.8 Å². The lowest BCUT2D eigenvalue weighted by Crippen LogP contribution is -2.35. The van der Waals surface area contributed by atoms with Gasteiger partial charge in [-0.25, -0.2) is 4.39 Å². The van der Waals surface area contributed by atoms with Gasteiger partial charge in [0.25, 0.3) is 0 Å². The predicted molar refractivity (Wildman–Crippen MR) is 73.2 cm³/mol. The summed E-state index contributed by atoms with van der Waals surface area (Å²) in [5.74, 6) is -0.474. The minimum atomic E-state index is -0.546. The zero-order chi connectivity index (χ0) is 14.7. The van der Waals surface area contributed by atoms with Crippen molar-refractivity contribution in [1.29, 1.82) is 0 Å². The quantitative estimate of drug-likeness (QED) is 0.778. The van der Waals surface area contributed by atoms with Crippen molar-refractivity contribution < 1.29 is 19.0 Å². The summed E-state index contributed by atoms with van der Waals surface area (Å²) in [5.41, 5.74) is 0.106. The Morgan fingerprint density at radius 1 is 1.55 bits per heavy atom. The summed E-state index contributed by atoms with van der Waals surface area (Å²) >= 11 is 0. The smallest absolute Gasteiger partial charge is 0.241 e. The molecule has 2 unspecified atom stereocenters. The summed E-state index contributed by atoms with van der Waals surface area (Å²) in [6, 6.07) is 3.83. The van der Waals surface area contributed by atoms with Gasteiger partial charge in [0.2, 0.25) is 5.91 Å². The maximum atomic E-state index is 13.9. The molecule has 1 amide bonds. The summed E-state index contributed by atoms with van der Waals surface area (Å²) in [4.78, 5) is 11.9. The van der Waals surface area contributed by atoms with E-state index in [4.69, 9.17) is 4.74 Å². The fourth-order valence-corrected chi connectivity index (χ4v) is 2.08. The van der Waals surface area contributed by atoms with E-state index in [0.717, 1.165) is 0 Å². The van der Waals surface area contributed by atoms with Crippen LogP contribution in [0.1, 0.15) is 20.3 Å². The van der Waals surface area contributed by atoms with E-state index < -0.39 is 18.0 Å². The average Bonchev–Trinajstić information content (AvgIpc) is 2.78. The first-order valence-corrected chi connectivity index (χ1v) is 6.64. The molecule has 1 heterocycles. The number of anilines is 1. The van der Waals surface area contributed by atoms with Gasteiger partial charge in [0.15, 0.2) is 0 Å². The van der Waals surface area contributed by atoms with Crippen LogP contribution in [0.2, 0.25) is 0 Å². The maximum absolute atomic E-state index is 13.9. The fraction of sp³-hybridized carbons (Fsp3) is 0.500. The lowest BCUT2D eigenvalue weighted by atomic mass is 10.2. The number of amides is 1. The van der Waals surface area contributed by atoms with Crippen LogP contribution in [0, 0.1) is 5.82 Å². The third kappa shape index (κ3) is 3.68. The summed E-state index contributed by atoms with van der Waals surface area (Å²) in [6.07, 6.45) is -0.237. The van der Waals surface area contributed by atoms with Crippen LogP contribution < -0.4 is 15.4 Å². The molecule has 1 aromatic carbocycles. The third-order valence-corrected chi connectivity index (χ3v) is 2.99. The zero-order valence-corrected chi connectivity index (χ0v) is 11.5. The molecule has 1 aromatic rings. The van der Waals surface area contributed by atoms with Crippen molar-refractivity contribution in [1.82, 2.24) is 5.32 Å². The molecule has 2 atom stereocenters. The van der Waals surface area contributed by atoms with Gasteiger partial charge in [-0.2, -0.15) is 0 Å². The molecule has 0 aromatic heterocycles. The van der Waals surface area contributed by atoms with Gasteiger partial charge in [-0.1, -0.05) is 0 Å². The van der Waals surface area contributed by atoms with Crippen molar-refractivity contribution in [2.75, 3.05) is 11.9 Å². The number of halogens is 1. The number of β-amino-alcohol motifs (C(OH)–C–C–N with tert-alkyl or cyclic N) is 1. The molecule has 1 aliphatic heterocycles. The van der Waals surface area contributed by atoms with E-state index in [1.54, 1.807) is 6.07 Å². The van der Waals surface area contributed by atoms with E-state index in [-0.39, 0.29) is 17.7 Å². The van der Waals surface area contributed by atoms with Crippen molar-refractivity contribution in [3.05, 3.63) is 24.0 Å². The molecule has 2 rings (SSSR count). The number of nitrogens with one attached hydrogen (secondary N) is 2. The van der Waals surface area contributed by atoms with E-state index >= 15 is 0 Å². The van der Waals surface area contributed by atoms with Crippen LogP contribution in [0.5, 0.6) is 5.75 Å². The summed E-state index contributed by atoms with van der Waals surface area (Å²) in [7, 11) is 0. The molecule has 0 bridgehead atoms. The molecule has 0 radical (unpaired) electrons. The Bertz CT molecular complexity index is 493. The minimum absolute atomic E-state index is 0.0426. The molecule has 20 heavy (non-hydrogen) atoms.